The number of aromatic nitrogens is 2. The Balaban J connectivity index is 2.44. The fourth-order valence-electron chi connectivity index (χ4n) is 1.85. The Kier molecular flexibility index (Phi) is 1.50. The second-order valence-corrected chi connectivity index (χ2v) is 3.38. The second-order valence-electron chi connectivity index (χ2n) is 3.38. The van der Waals surface area contributed by atoms with Crippen LogP contribution in [0.3, 0.4) is 0 Å². The minimum atomic E-state index is -0.416. The zero-order valence-corrected chi connectivity index (χ0v) is 7.77. The van der Waals surface area contributed by atoms with Crippen molar-refractivity contribution in [3.8, 4) is 17.6 Å². The molecule has 0 aliphatic carbocycles. The molecule has 2 aromatic rings. The Morgan fingerprint density at radius 2 is 2.07 bits per heavy atom. The van der Waals surface area contributed by atoms with E-state index in [2.05, 4.69) is 9.97 Å². The number of nitrogens with zero attached hydrogens (tertiary/aromatic N) is 2. The zero-order valence-electron chi connectivity index (χ0n) is 7.77. The first-order chi connectivity index (χ1) is 7.25. The summed E-state index contributed by atoms with van der Waals surface area (Å²) in [7, 11) is 0. The second kappa shape index (κ2) is 2.73. The number of benzene rings is 1. The lowest BCUT2D eigenvalue weighted by atomic mass is 10.1. The summed E-state index contributed by atoms with van der Waals surface area (Å²) in [4.78, 5) is 7.40. The molecule has 5 heteroatoms. The fraction of sp³-hybridized carbons (Fsp3) is 0.200. The molecule has 2 heterocycles. The summed E-state index contributed by atoms with van der Waals surface area (Å²) >= 11 is 0. The summed E-state index contributed by atoms with van der Waals surface area (Å²) in [6.45, 7) is 0.611. The van der Waals surface area contributed by atoms with Crippen LogP contribution in [0, 0.1) is 0 Å². The van der Waals surface area contributed by atoms with Crippen molar-refractivity contribution in [3.05, 3.63) is 17.7 Å². The highest BCUT2D eigenvalue weighted by Crippen LogP contribution is 2.34. The lowest BCUT2D eigenvalue weighted by Gasteiger charge is -2.04. The average Bonchev–Trinajstić information content (AvgIpc) is 2.65. The van der Waals surface area contributed by atoms with Crippen molar-refractivity contribution in [2.24, 2.45) is 0 Å². The van der Waals surface area contributed by atoms with Crippen LogP contribution in [0.15, 0.2) is 12.1 Å². The van der Waals surface area contributed by atoms with Gasteiger partial charge in [-0.3, -0.25) is 0 Å². The first-order valence-corrected chi connectivity index (χ1v) is 4.60. The molecule has 76 valence electrons. The van der Waals surface area contributed by atoms with Crippen LogP contribution in [0.4, 0.5) is 0 Å². The molecular weight excluding hydrogens is 196 g/mol. The Bertz CT molecular complexity index is 554. The Hall–Kier alpha value is -2.04. The summed E-state index contributed by atoms with van der Waals surface area (Å²) in [6, 6.07) is 3.05. The van der Waals surface area contributed by atoms with Crippen molar-refractivity contribution in [2.45, 2.75) is 6.42 Å². The maximum atomic E-state index is 9.53. The number of hydrogen-bond acceptors (Lipinski definition) is 5. The van der Waals surface area contributed by atoms with Gasteiger partial charge in [-0.25, -0.2) is 0 Å². The van der Waals surface area contributed by atoms with E-state index in [1.807, 2.05) is 0 Å². The molecule has 2 N–H and O–H groups in total. The van der Waals surface area contributed by atoms with Gasteiger partial charge in [-0.05, 0) is 12.1 Å². The highest BCUT2D eigenvalue weighted by Gasteiger charge is 2.18. The van der Waals surface area contributed by atoms with Gasteiger partial charge in [0.1, 0.15) is 5.75 Å². The lowest BCUT2D eigenvalue weighted by Crippen LogP contribution is -1.89. The molecule has 0 spiro atoms. The van der Waals surface area contributed by atoms with Crippen LogP contribution in [0.5, 0.6) is 17.6 Å². The normalized spacial score (nSPS) is 13.9. The molecule has 0 saturated carbocycles. The standard InChI is InChI=1S/C10H8N2O3/c13-9-6-1-2-7-5(3-4-15-7)8(6)11-10(14)12-9/h1-2H,3-4H2,(H2,11,12,13,14). The maximum Gasteiger partial charge on any atom is 0.317 e. The third-order valence-electron chi connectivity index (χ3n) is 2.51. The molecule has 1 aliphatic rings. The Labute approximate surface area is 85.0 Å². The van der Waals surface area contributed by atoms with Gasteiger partial charge in [0, 0.05) is 12.0 Å². The molecule has 0 amide bonds. The van der Waals surface area contributed by atoms with Gasteiger partial charge in [0.05, 0.1) is 17.5 Å². The molecule has 15 heavy (non-hydrogen) atoms. The zero-order chi connectivity index (χ0) is 10.4. The molecule has 5 nitrogen and oxygen atoms in total. The minimum Gasteiger partial charge on any atom is -0.493 e. The van der Waals surface area contributed by atoms with E-state index in [-0.39, 0.29) is 5.88 Å². The van der Waals surface area contributed by atoms with Crippen LogP contribution >= 0.6 is 0 Å². The topological polar surface area (TPSA) is 75.5 Å². The molecule has 1 aromatic carbocycles. The van der Waals surface area contributed by atoms with Gasteiger partial charge in [0.15, 0.2) is 0 Å². The van der Waals surface area contributed by atoms with E-state index in [9.17, 15) is 10.2 Å². The number of fused-ring (bicyclic) bond motifs is 3. The van der Waals surface area contributed by atoms with Crippen LogP contribution in [0.2, 0.25) is 0 Å². The van der Waals surface area contributed by atoms with E-state index >= 15 is 0 Å². The summed E-state index contributed by atoms with van der Waals surface area (Å²) < 4.78 is 5.36. The van der Waals surface area contributed by atoms with Gasteiger partial charge in [0.2, 0.25) is 5.88 Å². The molecule has 0 unspecified atom stereocenters. The quantitative estimate of drug-likeness (QED) is 0.668. The van der Waals surface area contributed by atoms with Gasteiger partial charge in [-0.1, -0.05) is 0 Å². The van der Waals surface area contributed by atoms with Crippen molar-refractivity contribution in [3.63, 3.8) is 0 Å². The summed E-state index contributed by atoms with van der Waals surface area (Å²) in [6.07, 6.45) is 0.739. The summed E-state index contributed by atoms with van der Waals surface area (Å²) in [5.41, 5.74) is 1.48. The van der Waals surface area contributed by atoms with Crippen molar-refractivity contribution in [2.75, 3.05) is 6.61 Å². The van der Waals surface area contributed by atoms with Crippen LogP contribution in [-0.2, 0) is 6.42 Å². The van der Waals surface area contributed by atoms with Crippen molar-refractivity contribution >= 4 is 10.9 Å². The Morgan fingerprint density at radius 1 is 1.20 bits per heavy atom. The highest BCUT2D eigenvalue weighted by atomic mass is 16.5. The average molecular weight is 204 g/mol. The molecule has 0 fully saturated rings. The monoisotopic (exact) mass is 204 g/mol. The predicted octanol–water partition coefficient (Wildman–Crippen LogP) is 0.976. The third kappa shape index (κ3) is 1.09. The van der Waals surface area contributed by atoms with Gasteiger partial charge in [0.25, 0.3) is 0 Å². The molecule has 3 rings (SSSR count). The molecule has 0 bridgehead atoms. The molecule has 0 radical (unpaired) electrons. The first-order valence-electron chi connectivity index (χ1n) is 4.60. The van der Waals surface area contributed by atoms with E-state index in [1.54, 1.807) is 12.1 Å². The predicted molar refractivity (Wildman–Crippen MR) is 52.1 cm³/mol. The summed E-state index contributed by atoms with van der Waals surface area (Å²) in [5.74, 6) is 0.562. The van der Waals surface area contributed by atoms with Gasteiger partial charge in [-0.2, -0.15) is 9.97 Å². The van der Waals surface area contributed by atoms with Crippen LogP contribution in [0.1, 0.15) is 5.56 Å². The van der Waals surface area contributed by atoms with E-state index in [4.69, 9.17) is 4.74 Å². The fourth-order valence-corrected chi connectivity index (χ4v) is 1.85. The molecule has 1 aromatic heterocycles. The van der Waals surface area contributed by atoms with E-state index in [0.29, 0.717) is 17.5 Å². The lowest BCUT2D eigenvalue weighted by molar-refractivity contribution is 0.357. The van der Waals surface area contributed by atoms with Crippen LogP contribution in [0.25, 0.3) is 10.9 Å². The SMILES string of the molecule is Oc1nc(O)c2ccc3c(c2n1)CCO3. The van der Waals surface area contributed by atoms with Crippen molar-refractivity contribution in [1.29, 1.82) is 0 Å². The molecule has 0 atom stereocenters. The Morgan fingerprint density at radius 3 is 2.93 bits per heavy atom. The van der Waals surface area contributed by atoms with E-state index in [1.165, 1.54) is 0 Å². The van der Waals surface area contributed by atoms with Crippen LogP contribution in [-0.4, -0.2) is 26.8 Å². The highest BCUT2D eigenvalue weighted by molar-refractivity contribution is 5.88. The first kappa shape index (κ1) is 8.28. The third-order valence-corrected chi connectivity index (χ3v) is 2.51. The van der Waals surface area contributed by atoms with Crippen molar-refractivity contribution in [1.82, 2.24) is 9.97 Å². The number of rotatable bonds is 0. The maximum absolute atomic E-state index is 9.53. The van der Waals surface area contributed by atoms with Gasteiger partial charge in [-0.15, -0.1) is 0 Å². The number of aromatic hydroxyl groups is 2. The van der Waals surface area contributed by atoms with E-state index in [0.717, 1.165) is 17.7 Å². The van der Waals surface area contributed by atoms with Crippen molar-refractivity contribution < 1.29 is 14.9 Å². The molecule has 0 saturated heterocycles. The van der Waals surface area contributed by atoms with Crippen LogP contribution < -0.4 is 4.74 Å². The van der Waals surface area contributed by atoms with Gasteiger partial charge >= 0.3 is 6.01 Å². The number of ether oxygens (including phenoxy) is 1. The molecule has 1 aliphatic heterocycles. The smallest absolute Gasteiger partial charge is 0.317 e. The van der Waals surface area contributed by atoms with Gasteiger partial charge < -0.3 is 14.9 Å². The van der Waals surface area contributed by atoms with E-state index < -0.39 is 6.01 Å². The minimum absolute atomic E-state index is 0.202. The largest absolute Gasteiger partial charge is 0.493 e. The number of hydrogen-bond donors (Lipinski definition) is 2. The molecular formula is C10H8N2O3. The summed E-state index contributed by atoms with van der Waals surface area (Å²) in [5, 5.41) is 19.3.